The third-order valence-corrected chi connectivity index (χ3v) is 4.43. The summed E-state index contributed by atoms with van der Waals surface area (Å²) in [6.45, 7) is 0. The number of ether oxygens (including phenoxy) is 2. The maximum absolute atomic E-state index is 6.49. The van der Waals surface area contributed by atoms with E-state index in [0.29, 0.717) is 22.2 Å². The molecule has 0 radical (unpaired) electrons. The minimum absolute atomic E-state index is 0.360. The zero-order chi connectivity index (χ0) is 18.1. The van der Waals surface area contributed by atoms with Crippen molar-refractivity contribution in [3.63, 3.8) is 0 Å². The van der Waals surface area contributed by atoms with Crippen molar-refractivity contribution in [2.45, 2.75) is 0 Å². The van der Waals surface area contributed by atoms with Crippen LogP contribution in [0.4, 0.5) is 0 Å². The van der Waals surface area contributed by atoms with Crippen LogP contribution in [0.2, 0.25) is 5.15 Å². The van der Waals surface area contributed by atoms with Gasteiger partial charge in [0.25, 0.3) is 0 Å². The van der Waals surface area contributed by atoms with Crippen molar-refractivity contribution in [3.8, 4) is 34.0 Å². The minimum atomic E-state index is 0.360. The molecule has 4 rings (SSSR count). The first-order valence-electron chi connectivity index (χ1n) is 8.04. The number of hydrogen-bond acceptors (Lipinski definition) is 4. The number of aromatic nitrogens is 3. The van der Waals surface area contributed by atoms with Crippen LogP contribution in [-0.2, 0) is 0 Å². The lowest BCUT2D eigenvalue weighted by Crippen LogP contribution is -2.01. The first kappa shape index (κ1) is 16.4. The molecule has 0 fully saturated rings. The van der Waals surface area contributed by atoms with Crippen LogP contribution in [-0.4, -0.2) is 28.8 Å². The average Bonchev–Trinajstić information content (AvgIpc) is 3.11. The van der Waals surface area contributed by atoms with Crippen molar-refractivity contribution in [3.05, 3.63) is 65.8 Å². The van der Waals surface area contributed by atoms with Gasteiger partial charge in [0.05, 0.1) is 25.5 Å². The molecule has 0 bridgehead atoms. The first-order chi connectivity index (χ1) is 12.7. The van der Waals surface area contributed by atoms with Crippen molar-refractivity contribution in [1.82, 2.24) is 14.6 Å². The number of methoxy groups -OCH3 is 2. The van der Waals surface area contributed by atoms with Gasteiger partial charge >= 0.3 is 0 Å². The van der Waals surface area contributed by atoms with Gasteiger partial charge in [-0.2, -0.15) is 9.61 Å². The van der Waals surface area contributed by atoms with E-state index in [1.165, 1.54) is 0 Å². The molecular weight excluding hydrogens is 350 g/mol. The van der Waals surface area contributed by atoms with Crippen LogP contribution < -0.4 is 9.47 Å². The molecule has 0 saturated carbocycles. The van der Waals surface area contributed by atoms with Crippen LogP contribution in [0.5, 0.6) is 11.6 Å². The molecule has 0 spiro atoms. The highest BCUT2D eigenvalue weighted by molar-refractivity contribution is 6.32. The highest BCUT2D eigenvalue weighted by Gasteiger charge is 2.19. The van der Waals surface area contributed by atoms with Gasteiger partial charge in [-0.3, -0.25) is 0 Å². The number of hydrogen-bond donors (Lipinski definition) is 0. The molecule has 4 aromatic rings. The molecule has 2 aromatic carbocycles. The molecule has 130 valence electrons. The monoisotopic (exact) mass is 365 g/mol. The highest BCUT2D eigenvalue weighted by atomic mass is 35.5. The summed E-state index contributed by atoms with van der Waals surface area (Å²) in [7, 11) is 3.23. The fourth-order valence-electron chi connectivity index (χ4n) is 2.89. The van der Waals surface area contributed by atoms with Gasteiger partial charge in [-0.05, 0) is 17.7 Å². The van der Waals surface area contributed by atoms with Crippen molar-refractivity contribution >= 4 is 17.2 Å². The van der Waals surface area contributed by atoms with Gasteiger partial charge in [0.15, 0.2) is 5.65 Å². The van der Waals surface area contributed by atoms with Crippen LogP contribution in [0.15, 0.2) is 60.7 Å². The Balaban J connectivity index is 1.92. The molecule has 0 aliphatic carbocycles. The van der Waals surface area contributed by atoms with E-state index in [1.807, 2.05) is 60.7 Å². The maximum Gasteiger partial charge on any atom is 0.227 e. The van der Waals surface area contributed by atoms with Gasteiger partial charge < -0.3 is 9.47 Å². The molecule has 2 heterocycles. The maximum atomic E-state index is 6.49. The quantitative estimate of drug-likeness (QED) is 0.490. The van der Waals surface area contributed by atoms with E-state index in [4.69, 9.17) is 21.1 Å². The molecule has 0 unspecified atom stereocenters. The average molecular weight is 366 g/mol. The molecular formula is C20H16ClN3O2. The Morgan fingerprint density at radius 3 is 2.27 bits per heavy atom. The lowest BCUT2D eigenvalue weighted by atomic mass is 10.1. The normalized spacial score (nSPS) is 10.9. The Labute approximate surface area is 155 Å². The molecule has 0 atom stereocenters. The Kier molecular flexibility index (Phi) is 4.22. The standard InChI is InChI=1S/C20H16ClN3O2/c1-25-15-10-8-14(9-11-15)18-19(21)22-17-12-16(13-6-4-3-5-7-13)23-24(17)20(18)26-2/h3-12H,1-2H3. The van der Waals surface area contributed by atoms with E-state index in [9.17, 15) is 0 Å². The van der Waals surface area contributed by atoms with E-state index in [0.717, 1.165) is 22.6 Å². The van der Waals surface area contributed by atoms with Gasteiger partial charge in [-0.25, -0.2) is 4.98 Å². The van der Waals surface area contributed by atoms with Crippen molar-refractivity contribution in [2.75, 3.05) is 14.2 Å². The van der Waals surface area contributed by atoms with Crippen LogP contribution in [0, 0.1) is 0 Å². The van der Waals surface area contributed by atoms with E-state index in [2.05, 4.69) is 10.1 Å². The SMILES string of the molecule is COc1ccc(-c2c(Cl)nc3cc(-c4ccccc4)nn3c2OC)cc1. The fraction of sp³-hybridized carbons (Fsp3) is 0.100. The Morgan fingerprint density at radius 2 is 1.62 bits per heavy atom. The molecule has 5 nitrogen and oxygen atoms in total. The minimum Gasteiger partial charge on any atom is -0.497 e. The predicted molar refractivity (Wildman–Crippen MR) is 102 cm³/mol. The van der Waals surface area contributed by atoms with Crippen LogP contribution >= 0.6 is 11.6 Å². The van der Waals surface area contributed by atoms with Crippen molar-refractivity contribution in [1.29, 1.82) is 0 Å². The summed E-state index contributed by atoms with van der Waals surface area (Å²) in [6.07, 6.45) is 0. The summed E-state index contributed by atoms with van der Waals surface area (Å²) >= 11 is 6.49. The second-order valence-electron chi connectivity index (χ2n) is 5.68. The fourth-order valence-corrected chi connectivity index (χ4v) is 3.17. The largest absolute Gasteiger partial charge is 0.497 e. The van der Waals surface area contributed by atoms with Crippen LogP contribution in [0.25, 0.3) is 28.0 Å². The highest BCUT2D eigenvalue weighted by Crippen LogP contribution is 2.37. The number of nitrogens with zero attached hydrogens (tertiary/aromatic N) is 3. The summed E-state index contributed by atoms with van der Waals surface area (Å²) in [5, 5.41) is 5.02. The lowest BCUT2D eigenvalue weighted by molar-refractivity contribution is 0.387. The summed E-state index contributed by atoms with van der Waals surface area (Å²) in [5.41, 5.74) is 4.00. The summed E-state index contributed by atoms with van der Waals surface area (Å²) in [6, 6.07) is 19.4. The predicted octanol–water partition coefficient (Wildman–Crippen LogP) is 4.73. The van der Waals surface area contributed by atoms with Crippen LogP contribution in [0.1, 0.15) is 0 Å². The molecule has 2 aromatic heterocycles. The van der Waals surface area contributed by atoms with E-state index in [-0.39, 0.29) is 0 Å². The number of rotatable bonds is 4. The summed E-state index contributed by atoms with van der Waals surface area (Å²) in [5.74, 6) is 1.30. The van der Waals surface area contributed by atoms with Gasteiger partial charge in [0.1, 0.15) is 10.9 Å². The van der Waals surface area contributed by atoms with E-state index < -0.39 is 0 Å². The third-order valence-electron chi connectivity index (χ3n) is 4.16. The zero-order valence-electron chi connectivity index (χ0n) is 14.3. The zero-order valence-corrected chi connectivity index (χ0v) is 15.1. The van der Waals surface area contributed by atoms with Gasteiger partial charge in [-0.1, -0.05) is 54.1 Å². The second-order valence-corrected chi connectivity index (χ2v) is 6.04. The Hall–Kier alpha value is -3.05. The number of halogens is 1. The first-order valence-corrected chi connectivity index (χ1v) is 8.42. The molecule has 0 aliphatic rings. The smallest absolute Gasteiger partial charge is 0.227 e. The van der Waals surface area contributed by atoms with E-state index in [1.54, 1.807) is 18.7 Å². The van der Waals surface area contributed by atoms with Gasteiger partial charge in [0, 0.05) is 11.6 Å². The van der Waals surface area contributed by atoms with Gasteiger partial charge in [-0.15, -0.1) is 0 Å². The number of fused-ring (bicyclic) bond motifs is 1. The molecule has 26 heavy (non-hydrogen) atoms. The Bertz CT molecular complexity index is 1060. The van der Waals surface area contributed by atoms with E-state index >= 15 is 0 Å². The van der Waals surface area contributed by atoms with Crippen molar-refractivity contribution < 1.29 is 9.47 Å². The third kappa shape index (κ3) is 2.76. The lowest BCUT2D eigenvalue weighted by Gasteiger charge is -2.12. The Morgan fingerprint density at radius 1 is 0.885 bits per heavy atom. The molecule has 0 amide bonds. The molecule has 0 saturated heterocycles. The second kappa shape index (κ2) is 6.69. The topological polar surface area (TPSA) is 48.7 Å². The van der Waals surface area contributed by atoms with Crippen LogP contribution in [0.3, 0.4) is 0 Å². The molecule has 0 N–H and O–H groups in total. The molecule has 6 heteroatoms. The van der Waals surface area contributed by atoms with Gasteiger partial charge in [0.2, 0.25) is 5.88 Å². The summed E-state index contributed by atoms with van der Waals surface area (Å²) < 4.78 is 12.5. The number of benzene rings is 2. The van der Waals surface area contributed by atoms with Crippen molar-refractivity contribution in [2.24, 2.45) is 0 Å². The molecule has 0 aliphatic heterocycles. The summed E-state index contributed by atoms with van der Waals surface area (Å²) in [4.78, 5) is 4.50.